The Morgan fingerprint density at radius 1 is 1.09 bits per heavy atom. The molecule has 0 aromatic heterocycles. The molecule has 0 atom stereocenters. The van der Waals surface area contributed by atoms with Crippen LogP contribution in [0.25, 0.3) is 0 Å². The topological polar surface area (TPSA) is 0 Å². The first kappa shape index (κ1) is 9.09. The minimum atomic E-state index is 0.782. The van der Waals surface area contributed by atoms with Gasteiger partial charge < -0.3 is 0 Å². The first-order valence-electron chi connectivity index (χ1n) is 5.07. The lowest BCUT2D eigenvalue weighted by Crippen LogP contribution is -2.10. The zero-order valence-corrected chi connectivity index (χ0v) is 8.48. The fourth-order valence-corrected chi connectivity index (χ4v) is 1.85. The van der Waals surface area contributed by atoms with Gasteiger partial charge in [0.05, 0.1) is 0 Å². The Labute approximate surface area is 71.4 Å². The average molecular weight is 154 g/mol. The minimum Gasteiger partial charge on any atom is -0.0628 e. The van der Waals surface area contributed by atoms with Gasteiger partial charge in [-0.15, -0.1) is 0 Å². The van der Waals surface area contributed by atoms with Gasteiger partial charge in [-0.1, -0.05) is 34.1 Å². The molecule has 0 heterocycles. The van der Waals surface area contributed by atoms with E-state index >= 15 is 0 Å². The molecule has 0 spiro atoms. The molecule has 1 aliphatic rings. The van der Waals surface area contributed by atoms with E-state index in [9.17, 15) is 0 Å². The second kappa shape index (κ2) is 3.16. The van der Waals surface area contributed by atoms with Crippen molar-refractivity contribution in [2.75, 3.05) is 0 Å². The van der Waals surface area contributed by atoms with E-state index in [2.05, 4.69) is 27.7 Å². The zero-order valence-electron chi connectivity index (χ0n) is 8.48. The van der Waals surface area contributed by atoms with E-state index in [0.29, 0.717) is 0 Å². The first-order valence-corrected chi connectivity index (χ1v) is 5.07. The molecule has 0 saturated heterocycles. The molecular formula is C11H22. The van der Waals surface area contributed by atoms with Gasteiger partial charge in [-0.2, -0.15) is 0 Å². The van der Waals surface area contributed by atoms with E-state index in [4.69, 9.17) is 0 Å². The molecule has 0 aromatic carbocycles. The summed E-state index contributed by atoms with van der Waals surface area (Å²) in [5.41, 5.74) is 0.782. The van der Waals surface area contributed by atoms with Crippen LogP contribution in [0.4, 0.5) is 0 Å². The summed E-state index contributed by atoms with van der Waals surface area (Å²) in [5, 5.41) is 0. The molecule has 66 valence electrons. The van der Waals surface area contributed by atoms with Crippen molar-refractivity contribution in [3.8, 4) is 0 Å². The highest BCUT2D eigenvalue weighted by Crippen LogP contribution is 2.55. The van der Waals surface area contributed by atoms with Crippen molar-refractivity contribution in [3.63, 3.8) is 0 Å². The van der Waals surface area contributed by atoms with Crippen LogP contribution >= 0.6 is 0 Å². The van der Waals surface area contributed by atoms with Gasteiger partial charge in [-0.05, 0) is 36.5 Å². The van der Waals surface area contributed by atoms with Crippen molar-refractivity contribution in [2.24, 2.45) is 17.3 Å². The highest BCUT2D eigenvalue weighted by molar-refractivity contribution is 4.95. The maximum atomic E-state index is 2.38. The lowest BCUT2D eigenvalue weighted by Gasteiger charge is -2.20. The molecule has 0 amide bonds. The predicted molar refractivity (Wildman–Crippen MR) is 50.6 cm³/mol. The number of hydrogen-bond donors (Lipinski definition) is 0. The molecule has 1 rings (SSSR count). The van der Waals surface area contributed by atoms with Crippen molar-refractivity contribution < 1.29 is 0 Å². The summed E-state index contributed by atoms with van der Waals surface area (Å²) in [4.78, 5) is 0. The van der Waals surface area contributed by atoms with E-state index in [1.54, 1.807) is 0 Å². The maximum absolute atomic E-state index is 2.38. The van der Waals surface area contributed by atoms with E-state index in [1.165, 1.54) is 25.7 Å². The van der Waals surface area contributed by atoms with E-state index < -0.39 is 0 Å². The molecule has 0 radical (unpaired) electrons. The van der Waals surface area contributed by atoms with Crippen LogP contribution in [-0.4, -0.2) is 0 Å². The maximum Gasteiger partial charge on any atom is -0.0274 e. The summed E-state index contributed by atoms with van der Waals surface area (Å²) in [6, 6.07) is 0. The number of rotatable bonds is 4. The minimum absolute atomic E-state index is 0.782. The highest BCUT2D eigenvalue weighted by Gasteiger charge is 2.44. The lowest BCUT2D eigenvalue weighted by molar-refractivity contribution is 0.307. The van der Waals surface area contributed by atoms with Crippen LogP contribution in [0.15, 0.2) is 0 Å². The SMILES string of the molecule is CC(C)CCC1(C(C)C)CC1. The molecule has 11 heavy (non-hydrogen) atoms. The highest BCUT2D eigenvalue weighted by atomic mass is 14.5. The monoisotopic (exact) mass is 154 g/mol. The summed E-state index contributed by atoms with van der Waals surface area (Å²) in [7, 11) is 0. The second-order valence-electron chi connectivity index (χ2n) is 4.95. The number of hydrogen-bond acceptors (Lipinski definition) is 0. The molecule has 0 bridgehead atoms. The summed E-state index contributed by atoms with van der Waals surface area (Å²) < 4.78 is 0. The van der Waals surface area contributed by atoms with Gasteiger partial charge in [0, 0.05) is 0 Å². The third-order valence-corrected chi connectivity index (χ3v) is 3.34. The Kier molecular flexibility index (Phi) is 2.61. The van der Waals surface area contributed by atoms with Gasteiger partial charge >= 0.3 is 0 Å². The fourth-order valence-electron chi connectivity index (χ4n) is 1.85. The molecule has 0 aromatic rings. The van der Waals surface area contributed by atoms with Gasteiger partial charge in [-0.25, -0.2) is 0 Å². The van der Waals surface area contributed by atoms with Crippen LogP contribution in [0.5, 0.6) is 0 Å². The molecule has 0 aliphatic heterocycles. The van der Waals surface area contributed by atoms with Gasteiger partial charge in [0.25, 0.3) is 0 Å². The van der Waals surface area contributed by atoms with Gasteiger partial charge in [0.2, 0.25) is 0 Å². The molecule has 1 aliphatic carbocycles. The van der Waals surface area contributed by atoms with Crippen molar-refractivity contribution in [3.05, 3.63) is 0 Å². The van der Waals surface area contributed by atoms with E-state index in [0.717, 1.165) is 17.3 Å². The summed E-state index contributed by atoms with van der Waals surface area (Å²) in [6.45, 7) is 9.42. The standard InChI is InChI=1S/C11H22/c1-9(2)5-6-11(7-8-11)10(3)4/h9-10H,5-8H2,1-4H3. The van der Waals surface area contributed by atoms with Crippen LogP contribution in [0.2, 0.25) is 0 Å². The quantitative estimate of drug-likeness (QED) is 0.577. The van der Waals surface area contributed by atoms with Gasteiger partial charge in [0.15, 0.2) is 0 Å². The lowest BCUT2D eigenvalue weighted by atomic mass is 9.86. The van der Waals surface area contributed by atoms with E-state index in [1.807, 2.05) is 0 Å². The molecule has 0 unspecified atom stereocenters. The Bertz CT molecular complexity index is 118. The van der Waals surface area contributed by atoms with Crippen molar-refractivity contribution in [1.82, 2.24) is 0 Å². The predicted octanol–water partition coefficient (Wildman–Crippen LogP) is 3.86. The Morgan fingerprint density at radius 3 is 1.91 bits per heavy atom. The summed E-state index contributed by atoms with van der Waals surface area (Å²) >= 11 is 0. The van der Waals surface area contributed by atoms with Crippen LogP contribution in [0.1, 0.15) is 53.4 Å². The second-order valence-corrected chi connectivity index (χ2v) is 4.95. The summed E-state index contributed by atoms with van der Waals surface area (Å²) in [5.74, 6) is 1.81. The zero-order chi connectivity index (χ0) is 8.48. The van der Waals surface area contributed by atoms with Crippen LogP contribution < -0.4 is 0 Å². The molecular weight excluding hydrogens is 132 g/mol. The Hall–Kier alpha value is 0. The van der Waals surface area contributed by atoms with Crippen molar-refractivity contribution in [1.29, 1.82) is 0 Å². The van der Waals surface area contributed by atoms with Gasteiger partial charge in [0.1, 0.15) is 0 Å². The fraction of sp³-hybridized carbons (Fsp3) is 1.00. The van der Waals surface area contributed by atoms with Gasteiger partial charge in [-0.3, -0.25) is 0 Å². The molecule has 1 saturated carbocycles. The van der Waals surface area contributed by atoms with Crippen molar-refractivity contribution >= 4 is 0 Å². The molecule has 0 nitrogen and oxygen atoms in total. The van der Waals surface area contributed by atoms with Crippen LogP contribution in [-0.2, 0) is 0 Å². The van der Waals surface area contributed by atoms with Crippen LogP contribution in [0, 0.1) is 17.3 Å². The third kappa shape index (κ3) is 2.21. The largest absolute Gasteiger partial charge is 0.0628 e. The Morgan fingerprint density at radius 2 is 1.64 bits per heavy atom. The van der Waals surface area contributed by atoms with Crippen molar-refractivity contribution in [2.45, 2.75) is 53.4 Å². The Balaban J connectivity index is 2.25. The van der Waals surface area contributed by atoms with E-state index in [-0.39, 0.29) is 0 Å². The average Bonchev–Trinajstić information content (AvgIpc) is 2.63. The molecule has 1 fully saturated rings. The third-order valence-electron chi connectivity index (χ3n) is 3.34. The first-order chi connectivity index (χ1) is 5.07. The van der Waals surface area contributed by atoms with Crippen LogP contribution in [0.3, 0.4) is 0 Å². The normalized spacial score (nSPS) is 21.3. The summed E-state index contributed by atoms with van der Waals surface area (Å²) in [6.07, 6.45) is 5.90. The molecule has 0 heteroatoms. The smallest absolute Gasteiger partial charge is 0.0274 e. The molecule has 0 N–H and O–H groups in total.